The summed E-state index contributed by atoms with van der Waals surface area (Å²) in [6.07, 6.45) is 95.7. The second-order valence-electron chi connectivity index (χ2n) is 30.0. The fourth-order valence-electron chi connectivity index (χ4n) is 14.1. The molecule has 0 aromatic rings. The van der Waals surface area contributed by atoms with Crippen LogP contribution in [0.3, 0.4) is 0 Å². The third-order valence-electron chi connectivity index (χ3n) is 20.7. The largest absolute Gasteiger partial charge is 0.394 e. The molecule has 0 saturated carbocycles. The Morgan fingerprint density at radius 1 is 0.358 bits per heavy atom. The molecule has 1 amide bonds. The van der Waals surface area contributed by atoms with Gasteiger partial charge in [-0.1, -0.05) is 429 Å². The van der Waals surface area contributed by atoms with Crippen LogP contribution in [-0.4, -0.2) is 87.5 Å². The van der Waals surface area contributed by atoms with Crippen LogP contribution in [0.1, 0.15) is 450 Å². The molecule has 1 aliphatic rings. The zero-order chi connectivity index (χ0) is 68.5. The van der Waals surface area contributed by atoms with E-state index < -0.39 is 49.5 Å². The minimum atomic E-state index is -1.55. The molecular weight excluding hydrogens is 1170 g/mol. The third kappa shape index (κ3) is 63.1. The number of unbranched alkanes of at least 4 members (excludes halogenated alkanes) is 61. The molecule has 1 heterocycles. The van der Waals surface area contributed by atoms with Crippen LogP contribution < -0.4 is 5.32 Å². The predicted molar refractivity (Wildman–Crippen MR) is 410 cm³/mol. The Hall–Kier alpha value is -1.59. The molecule has 95 heavy (non-hydrogen) atoms. The van der Waals surface area contributed by atoms with Crippen LogP contribution in [0.15, 0.2) is 36.5 Å². The van der Waals surface area contributed by atoms with Crippen LogP contribution in [-0.2, 0) is 14.3 Å². The van der Waals surface area contributed by atoms with Gasteiger partial charge in [-0.25, -0.2) is 0 Å². The van der Waals surface area contributed by atoms with E-state index in [4.69, 9.17) is 9.47 Å². The van der Waals surface area contributed by atoms with E-state index in [1.807, 2.05) is 0 Å². The molecule has 1 aliphatic heterocycles. The normalized spacial score (nSPS) is 17.6. The lowest BCUT2D eigenvalue weighted by Crippen LogP contribution is -2.60. The lowest BCUT2D eigenvalue weighted by Gasteiger charge is -2.40. The Balaban J connectivity index is 2.02. The molecule has 0 bridgehead atoms. The van der Waals surface area contributed by atoms with Gasteiger partial charge in [-0.3, -0.25) is 4.79 Å². The van der Waals surface area contributed by atoms with Crippen molar-refractivity contribution in [1.29, 1.82) is 0 Å². The van der Waals surface area contributed by atoms with E-state index in [1.165, 1.54) is 372 Å². The number of nitrogens with one attached hydrogen (secondary N) is 1. The van der Waals surface area contributed by atoms with E-state index in [0.29, 0.717) is 12.8 Å². The van der Waals surface area contributed by atoms with E-state index >= 15 is 0 Å². The zero-order valence-corrected chi connectivity index (χ0v) is 63.5. The summed E-state index contributed by atoms with van der Waals surface area (Å²) in [5, 5.41) is 55.2. The Bertz CT molecular complexity index is 1600. The maximum atomic E-state index is 13.2. The van der Waals surface area contributed by atoms with Crippen molar-refractivity contribution in [2.24, 2.45) is 0 Å². The number of carbonyl (C=O) groups is 1. The van der Waals surface area contributed by atoms with Gasteiger partial charge in [0.25, 0.3) is 0 Å². The number of hydrogen-bond donors (Lipinski definition) is 6. The minimum absolute atomic E-state index is 0.133. The summed E-state index contributed by atoms with van der Waals surface area (Å²) in [5.74, 6) is -0.133. The highest BCUT2D eigenvalue weighted by molar-refractivity contribution is 5.76. The van der Waals surface area contributed by atoms with E-state index in [1.54, 1.807) is 0 Å². The first kappa shape index (κ1) is 91.4. The highest BCUT2D eigenvalue weighted by Crippen LogP contribution is 2.25. The van der Waals surface area contributed by atoms with E-state index in [2.05, 4.69) is 55.6 Å². The Morgan fingerprint density at radius 3 is 0.916 bits per heavy atom. The van der Waals surface area contributed by atoms with Crippen LogP contribution in [0.25, 0.3) is 0 Å². The van der Waals surface area contributed by atoms with E-state index in [0.717, 1.165) is 51.4 Å². The van der Waals surface area contributed by atoms with Crippen molar-refractivity contribution in [3.05, 3.63) is 36.5 Å². The van der Waals surface area contributed by atoms with Gasteiger partial charge in [-0.05, 0) is 51.4 Å². The van der Waals surface area contributed by atoms with E-state index in [-0.39, 0.29) is 12.5 Å². The number of amides is 1. The molecule has 0 aromatic heterocycles. The van der Waals surface area contributed by atoms with Crippen LogP contribution in [0, 0.1) is 0 Å². The molecule has 7 atom stereocenters. The molecule has 0 spiro atoms. The van der Waals surface area contributed by atoms with Crippen molar-refractivity contribution in [3.8, 4) is 0 Å². The van der Waals surface area contributed by atoms with Crippen LogP contribution in [0.2, 0.25) is 0 Å². The van der Waals surface area contributed by atoms with Gasteiger partial charge >= 0.3 is 0 Å². The van der Waals surface area contributed by atoms with Crippen LogP contribution >= 0.6 is 0 Å². The summed E-state index contributed by atoms with van der Waals surface area (Å²) in [6.45, 7) is 3.90. The molecular formula is C86H165NO8. The van der Waals surface area contributed by atoms with Gasteiger partial charge in [0, 0.05) is 6.42 Å². The van der Waals surface area contributed by atoms with Crippen molar-refractivity contribution < 1.29 is 39.8 Å². The first-order chi connectivity index (χ1) is 46.8. The highest BCUT2D eigenvalue weighted by Gasteiger charge is 2.44. The number of aliphatic hydroxyl groups is 5. The van der Waals surface area contributed by atoms with Crippen molar-refractivity contribution in [1.82, 2.24) is 5.32 Å². The van der Waals surface area contributed by atoms with E-state index in [9.17, 15) is 30.3 Å². The molecule has 6 N–H and O–H groups in total. The standard InChI is InChI=1S/C86H165NO8/c1-3-5-7-9-11-13-15-17-19-21-23-25-27-29-31-33-35-37-38-39-40-41-42-44-46-48-50-52-54-56-58-60-62-64-66-68-70-72-74-76-82(90)87-79(78-94-86-85(93)84(92)83(91)81(77-88)95-86)80(89)75-73-71-69-67-65-63-61-59-57-55-53-51-49-47-45-43-36-34-32-30-28-26-24-22-20-18-16-14-12-10-8-6-4-2/h15,17,21,23,27,29,79-81,83-86,88-89,91-93H,3-14,16,18-20,22,24-26,28,30-78H2,1-2H3,(H,87,90)/b17-15-,23-21-,29-27-. The molecule has 1 rings (SSSR count). The number of hydrogen-bond acceptors (Lipinski definition) is 8. The monoisotopic (exact) mass is 1340 g/mol. The second kappa shape index (κ2) is 75.1. The summed E-state index contributed by atoms with van der Waals surface area (Å²) in [4.78, 5) is 13.2. The predicted octanol–water partition coefficient (Wildman–Crippen LogP) is 24.9. The smallest absolute Gasteiger partial charge is 0.220 e. The fraction of sp³-hybridized carbons (Fsp3) is 0.919. The topological polar surface area (TPSA) is 149 Å². The Kier molecular flexibility index (Phi) is 72.3. The SMILES string of the molecule is CCCCCCC/C=C\C/C=C\C/C=C\CCCCCCCCCCCCCCCCCCCCCCCCCCC(=O)NC(COC1OC(CO)C(O)C(O)C1O)C(O)CCCCCCCCCCCCCCCCCCCCCCCCCCCCCCCCCCC. The van der Waals surface area contributed by atoms with Gasteiger partial charge in [0.2, 0.25) is 5.91 Å². The summed E-state index contributed by atoms with van der Waals surface area (Å²) >= 11 is 0. The van der Waals surface area contributed by atoms with Gasteiger partial charge in [-0.15, -0.1) is 0 Å². The Labute approximate surface area is 591 Å². The summed E-state index contributed by atoms with van der Waals surface area (Å²) in [7, 11) is 0. The fourth-order valence-corrected chi connectivity index (χ4v) is 14.1. The van der Waals surface area contributed by atoms with Crippen LogP contribution in [0.5, 0.6) is 0 Å². The first-order valence-corrected chi connectivity index (χ1v) is 42.7. The Morgan fingerprint density at radius 2 is 0.621 bits per heavy atom. The average molecular weight is 1340 g/mol. The molecule has 1 fully saturated rings. The minimum Gasteiger partial charge on any atom is -0.394 e. The lowest BCUT2D eigenvalue weighted by atomic mass is 9.99. The molecule has 0 aromatic carbocycles. The van der Waals surface area contributed by atoms with Crippen molar-refractivity contribution in [3.63, 3.8) is 0 Å². The number of allylic oxidation sites excluding steroid dienone is 6. The molecule has 0 aliphatic carbocycles. The maximum Gasteiger partial charge on any atom is 0.220 e. The average Bonchev–Trinajstić information content (AvgIpc) is 0.836. The van der Waals surface area contributed by atoms with Crippen molar-refractivity contribution >= 4 is 5.91 Å². The van der Waals surface area contributed by atoms with Gasteiger partial charge in [0.05, 0.1) is 25.4 Å². The number of carbonyl (C=O) groups excluding carboxylic acids is 1. The van der Waals surface area contributed by atoms with Crippen LogP contribution in [0.4, 0.5) is 0 Å². The first-order valence-electron chi connectivity index (χ1n) is 42.7. The number of aliphatic hydroxyl groups excluding tert-OH is 5. The van der Waals surface area contributed by atoms with Gasteiger partial charge in [-0.2, -0.15) is 0 Å². The summed E-state index contributed by atoms with van der Waals surface area (Å²) in [6, 6.07) is -0.720. The molecule has 9 nitrogen and oxygen atoms in total. The zero-order valence-electron chi connectivity index (χ0n) is 63.5. The summed E-state index contributed by atoms with van der Waals surface area (Å²) < 4.78 is 11.4. The van der Waals surface area contributed by atoms with Gasteiger partial charge in [0.1, 0.15) is 24.4 Å². The maximum absolute atomic E-state index is 13.2. The number of rotatable bonds is 77. The highest BCUT2D eigenvalue weighted by atomic mass is 16.7. The summed E-state index contributed by atoms with van der Waals surface area (Å²) in [5.41, 5.74) is 0. The van der Waals surface area contributed by atoms with Gasteiger partial charge in [0.15, 0.2) is 6.29 Å². The molecule has 1 saturated heterocycles. The molecule has 7 unspecified atom stereocenters. The lowest BCUT2D eigenvalue weighted by molar-refractivity contribution is -0.302. The number of ether oxygens (including phenoxy) is 2. The molecule has 9 heteroatoms. The molecule has 562 valence electrons. The van der Waals surface area contributed by atoms with Gasteiger partial charge < -0.3 is 40.3 Å². The molecule has 0 radical (unpaired) electrons. The second-order valence-corrected chi connectivity index (χ2v) is 30.0. The van der Waals surface area contributed by atoms with Crippen molar-refractivity contribution in [2.45, 2.75) is 493 Å². The third-order valence-corrected chi connectivity index (χ3v) is 20.7. The van der Waals surface area contributed by atoms with Crippen molar-refractivity contribution in [2.75, 3.05) is 13.2 Å². The quantitative estimate of drug-likeness (QED) is 0.0261.